The number of hydrogen-bond acceptors (Lipinski definition) is 2. The van der Waals surface area contributed by atoms with Crippen molar-refractivity contribution in [1.82, 2.24) is 4.90 Å². The zero-order valence-corrected chi connectivity index (χ0v) is 13.7. The van der Waals surface area contributed by atoms with Crippen molar-refractivity contribution in [2.75, 3.05) is 25.0 Å². The van der Waals surface area contributed by atoms with Gasteiger partial charge in [0.15, 0.2) is 0 Å². The van der Waals surface area contributed by atoms with Crippen molar-refractivity contribution >= 4 is 17.3 Å². The van der Waals surface area contributed by atoms with Crippen molar-refractivity contribution in [2.24, 2.45) is 5.92 Å². The molecule has 0 aliphatic carbocycles. The molecule has 1 fully saturated rings. The van der Waals surface area contributed by atoms with Crippen LogP contribution >= 0.6 is 11.6 Å². The highest BCUT2D eigenvalue weighted by Gasteiger charge is 2.24. The third-order valence-electron chi connectivity index (χ3n) is 4.44. The van der Waals surface area contributed by atoms with Crippen molar-refractivity contribution in [3.63, 3.8) is 0 Å². The molecule has 1 N–H and O–H groups in total. The van der Waals surface area contributed by atoms with Gasteiger partial charge in [0, 0.05) is 23.3 Å². The van der Waals surface area contributed by atoms with Crippen LogP contribution in [0.5, 0.6) is 0 Å². The smallest absolute Gasteiger partial charge is 0.0455 e. The Morgan fingerprint density at radius 2 is 2.25 bits per heavy atom. The van der Waals surface area contributed by atoms with Crippen molar-refractivity contribution in [3.8, 4) is 0 Å². The number of piperidine rings is 1. The Labute approximate surface area is 128 Å². The van der Waals surface area contributed by atoms with Crippen LogP contribution in [-0.4, -0.2) is 30.6 Å². The summed E-state index contributed by atoms with van der Waals surface area (Å²) in [4.78, 5) is 2.61. The van der Waals surface area contributed by atoms with E-state index >= 15 is 0 Å². The first-order valence-corrected chi connectivity index (χ1v) is 8.23. The van der Waals surface area contributed by atoms with Gasteiger partial charge in [-0.1, -0.05) is 24.6 Å². The lowest BCUT2D eigenvalue weighted by molar-refractivity contribution is 0.165. The summed E-state index contributed by atoms with van der Waals surface area (Å²) >= 11 is 6.20. The van der Waals surface area contributed by atoms with E-state index in [0.29, 0.717) is 6.04 Å². The summed E-state index contributed by atoms with van der Waals surface area (Å²) in [7, 11) is 0. The fraction of sp³-hybridized carbons (Fsp3) is 0.647. The molecule has 3 heteroatoms. The Balaban J connectivity index is 1.97. The third-order valence-corrected chi connectivity index (χ3v) is 4.85. The lowest BCUT2D eigenvalue weighted by Crippen LogP contribution is -2.42. The average Bonchev–Trinajstić information content (AvgIpc) is 2.44. The summed E-state index contributed by atoms with van der Waals surface area (Å²) in [5.41, 5.74) is 2.33. The second kappa shape index (κ2) is 7.33. The summed E-state index contributed by atoms with van der Waals surface area (Å²) in [6.45, 7) is 10.4. The molecule has 0 aromatic heterocycles. The molecule has 20 heavy (non-hydrogen) atoms. The Hall–Kier alpha value is -0.730. The van der Waals surface area contributed by atoms with Gasteiger partial charge in [0.05, 0.1) is 0 Å². The van der Waals surface area contributed by atoms with Gasteiger partial charge in [-0.25, -0.2) is 0 Å². The monoisotopic (exact) mass is 294 g/mol. The van der Waals surface area contributed by atoms with E-state index in [-0.39, 0.29) is 0 Å². The molecule has 1 aliphatic rings. The number of anilines is 1. The zero-order valence-electron chi connectivity index (χ0n) is 13.0. The normalized spacial score (nSPS) is 21.7. The molecule has 1 aliphatic heterocycles. The first-order valence-electron chi connectivity index (χ1n) is 7.85. The predicted molar refractivity (Wildman–Crippen MR) is 88.7 cm³/mol. The maximum atomic E-state index is 6.20. The van der Waals surface area contributed by atoms with Crippen molar-refractivity contribution < 1.29 is 0 Å². The molecule has 1 aromatic carbocycles. The minimum Gasteiger partial charge on any atom is -0.382 e. The van der Waals surface area contributed by atoms with Gasteiger partial charge in [-0.3, -0.25) is 0 Å². The van der Waals surface area contributed by atoms with E-state index in [1.165, 1.54) is 44.6 Å². The molecule has 0 bridgehead atoms. The first kappa shape index (κ1) is 15.7. The van der Waals surface area contributed by atoms with Crippen LogP contribution in [-0.2, 0) is 0 Å². The molecular weight excluding hydrogens is 268 g/mol. The van der Waals surface area contributed by atoms with Crippen LogP contribution in [0, 0.1) is 12.8 Å². The third kappa shape index (κ3) is 3.89. The molecule has 0 saturated carbocycles. The van der Waals surface area contributed by atoms with Gasteiger partial charge in [-0.2, -0.15) is 0 Å². The van der Waals surface area contributed by atoms with Gasteiger partial charge in [0.2, 0.25) is 0 Å². The predicted octanol–water partition coefficient (Wildman–Crippen LogP) is 4.57. The van der Waals surface area contributed by atoms with Crippen LogP contribution in [0.4, 0.5) is 5.69 Å². The highest BCUT2D eigenvalue weighted by Crippen LogP contribution is 2.27. The fourth-order valence-corrected chi connectivity index (χ4v) is 3.32. The Morgan fingerprint density at radius 1 is 1.45 bits per heavy atom. The van der Waals surface area contributed by atoms with Crippen LogP contribution in [0.1, 0.15) is 38.7 Å². The van der Waals surface area contributed by atoms with Crippen LogP contribution in [0.15, 0.2) is 18.2 Å². The van der Waals surface area contributed by atoms with Gasteiger partial charge in [-0.15, -0.1) is 0 Å². The standard InChI is InChI=1S/C17H27ClN2/c1-4-10-20-11-6-7-15(12-20)14(3)19-17-9-5-8-16(18)13(17)2/h5,8-9,14-15,19H,4,6-7,10-12H2,1-3H3. The molecular formula is C17H27ClN2. The molecule has 1 saturated heterocycles. The molecule has 0 amide bonds. The van der Waals surface area contributed by atoms with E-state index in [4.69, 9.17) is 11.6 Å². The maximum Gasteiger partial charge on any atom is 0.0455 e. The van der Waals surface area contributed by atoms with E-state index in [2.05, 4.69) is 37.1 Å². The average molecular weight is 295 g/mol. The van der Waals surface area contributed by atoms with E-state index in [9.17, 15) is 0 Å². The SMILES string of the molecule is CCCN1CCCC(C(C)Nc2cccc(Cl)c2C)C1. The van der Waals surface area contributed by atoms with Crippen molar-refractivity contribution in [2.45, 2.75) is 46.1 Å². The number of hydrogen-bond donors (Lipinski definition) is 1. The Morgan fingerprint density at radius 3 is 3.00 bits per heavy atom. The van der Waals surface area contributed by atoms with Crippen molar-refractivity contribution in [3.05, 3.63) is 28.8 Å². The maximum absolute atomic E-state index is 6.20. The summed E-state index contributed by atoms with van der Waals surface area (Å²) in [5, 5.41) is 4.52. The molecule has 1 aromatic rings. The Bertz CT molecular complexity index is 431. The van der Waals surface area contributed by atoms with Crippen LogP contribution in [0.3, 0.4) is 0 Å². The number of benzene rings is 1. The second-order valence-electron chi connectivity index (χ2n) is 6.05. The number of rotatable bonds is 5. The van der Waals surface area contributed by atoms with Gasteiger partial charge >= 0.3 is 0 Å². The summed E-state index contributed by atoms with van der Waals surface area (Å²) < 4.78 is 0. The number of nitrogens with zero attached hydrogens (tertiary/aromatic N) is 1. The number of nitrogens with one attached hydrogen (secondary N) is 1. The minimum absolute atomic E-state index is 0.492. The fourth-order valence-electron chi connectivity index (χ4n) is 3.15. The first-order chi connectivity index (χ1) is 9.61. The lowest BCUT2D eigenvalue weighted by Gasteiger charge is -2.36. The number of likely N-dealkylation sites (tertiary alicyclic amines) is 1. The summed E-state index contributed by atoms with van der Waals surface area (Å²) in [5.74, 6) is 0.730. The van der Waals surface area contributed by atoms with Gasteiger partial charge in [-0.05, 0) is 69.8 Å². The van der Waals surface area contributed by atoms with Crippen LogP contribution < -0.4 is 5.32 Å². The Kier molecular flexibility index (Phi) is 5.74. The molecule has 2 rings (SSSR count). The van der Waals surface area contributed by atoms with Crippen molar-refractivity contribution in [1.29, 1.82) is 0 Å². The molecule has 0 radical (unpaired) electrons. The zero-order chi connectivity index (χ0) is 14.5. The van der Waals surface area contributed by atoms with E-state index in [1.807, 2.05) is 12.1 Å². The van der Waals surface area contributed by atoms with Gasteiger partial charge < -0.3 is 10.2 Å². The molecule has 2 atom stereocenters. The molecule has 1 heterocycles. The second-order valence-corrected chi connectivity index (χ2v) is 6.46. The molecule has 0 spiro atoms. The van der Waals surface area contributed by atoms with E-state index in [0.717, 1.165) is 16.5 Å². The van der Waals surface area contributed by atoms with E-state index < -0.39 is 0 Å². The molecule has 2 unspecified atom stereocenters. The number of halogens is 1. The topological polar surface area (TPSA) is 15.3 Å². The quantitative estimate of drug-likeness (QED) is 0.856. The summed E-state index contributed by atoms with van der Waals surface area (Å²) in [6.07, 6.45) is 3.90. The van der Waals surface area contributed by atoms with Crippen LogP contribution in [0.25, 0.3) is 0 Å². The van der Waals surface area contributed by atoms with E-state index in [1.54, 1.807) is 0 Å². The van der Waals surface area contributed by atoms with Gasteiger partial charge in [0.1, 0.15) is 0 Å². The minimum atomic E-state index is 0.492. The molecule has 2 nitrogen and oxygen atoms in total. The highest BCUT2D eigenvalue weighted by molar-refractivity contribution is 6.31. The lowest BCUT2D eigenvalue weighted by atomic mass is 9.91. The highest BCUT2D eigenvalue weighted by atomic mass is 35.5. The molecule has 112 valence electrons. The summed E-state index contributed by atoms with van der Waals surface area (Å²) in [6, 6.07) is 6.60. The van der Waals surface area contributed by atoms with Crippen LogP contribution in [0.2, 0.25) is 5.02 Å². The van der Waals surface area contributed by atoms with Gasteiger partial charge in [0.25, 0.3) is 0 Å². The largest absolute Gasteiger partial charge is 0.382 e.